The molecule has 1 aromatic heterocycles. The van der Waals surface area contributed by atoms with Crippen LogP contribution in [0.1, 0.15) is 25.6 Å². The predicted molar refractivity (Wildman–Crippen MR) is 78.3 cm³/mol. The highest BCUT2D eigenvalue weighted by Crippen LogP contribution is 2.21. The number of likely N-dealkylation sites (N-methyl/N-ethyl adjacent to an activating group) is 1. The average Bonchev–Trinajstić information content (AvgIpc) is 2.77. The largest absolute Gasteiger partial charge is 0.342 e. The third-order valence-electron chi connectivity index (χ3n) is 2.73. The molecule has 106 valence electrons. The van der Waals surface area contributed by atoms with Crippen LogP contribution in [0.4, 0.5) is 5.69 Å². The number of carbonyl (C=O) groups is 2. The second-order valence-electron chi connectivity index (χ2n) is 4.11. The molecule has 0 saturated heterocycles. The van der Waals surface area contributed by atoms with Gasteiger partial charge in [0.2, 0.25) is 11.8 Å². The Morgan fingerprint density at radius 1 is 1.32 bits per heavy atom. The Kier molecular flexibility index (Phi) is 6.52. The summed E-state index contributed by atoms with van der Waals surface area (Å²) in [5.41, 5.74) is 0.820. The Bertz CT molecular complexity index is 427. The monoisotopic (exact) mass is 283 g/mol. The van der Waals surface area contributed by atoms with E-state index in [4.69, 9.17) is 0 Å². The van der Waals surface area contributed by atoms with E-state index in [0.717, 1.165) is 23.7 Å². The fourth-order valence-electron chi connectivity index (χ4n) is 1.75. The van der Waals surface area contributed by atoms with Gasteiger partial charge in [-0.05, 0) is 25.3 Å². The van der Waals surface area contributed by atoms with E-state index in [9.17, 15) is 9.59 Å². The van der Waals surface area contributed by atoms with Crippen LogP contribution in [0.3, 0.4) is 0 Å². The topological polar surface area (TPSA) is 61.4 Å². The van der Waals surface area contributed by atoms with Gasteiger partial charge in [-0.25, -0.2) is 0 Å². The second-order valence-corrected chi connectivity index (χ2v) is 5.11. The summed E-state index contributed by atoms with van der Waals surface area (Å²) < 4.78 is 0. The highest BCUT2D eigenvalue weighted by Gasteiger charge is 2.10. The lowest BCUT2D eigenvalue weighted by Gasteiger charge is -2.18. The third kappa shape index (κ3) is 5.00. The van der Waals surface area contributed by atoms with Crippen LogP contribution >= 0.6 is 11.3 Å². The molecule has 19 heavy (non-hydrogen) atoms. The Hall–Kier alpha value is -1.40. The van der Waals surface area contributed by atoms with Crippen LogP contribution in [-0.4, -0.2) is 36.3 Å². The maximum Gasteiger partial charge on any atom is 0.236 e. The summed E-state index contributed by atoms with van der Waals surface area (Å²) >= 11 is 1.56. The second kappa shape index (κ2) is 7.91. The van der Waals surface area contributed by atoms with E-state index in [1.807, 2.05) is 25.3 Å². The minimum absolute atomic E-state index is 0.0844. The molecule has 0 aliphatic carbocycles. The van der Waals surface area contributed by atoms with Gasteiger partial charge in [-0.2, -0.15) is 0 Å². The first-order chi connectivity index (χ1) is 9.08. The molecule has 5 nitrogen and oxygen atoms in total. The molecule has 0 fully saturated rings. The minimum atomic E-state index is -0.0844. The standard InChI is InChI=1S/C13H21N3O2S/c1-4-16(5-2)13(18)9-14-8-12-11(6-7-19-12)15-10(3)17/h6-7,14H,4-5,8-9H2,1-3H3,(H,15,17). The molecule has 0 bridgehead atoms. The van der Waals surface area contributed by atoms with Crippen LogP contribution in [0.2, 0.25) is 0 Å². The van der Waals surface area contributed by atoms with Crippen molar-refractivity contribution in [1.29, 1.82) is 0 Å². The Morgan fingerprint density at radius 3 is 2.58 bits per heavy atom. The van der Waals surface area contributed by atoms with Gasteiger partial charge < -0.3 is 15.5 Å². The van der Waals surface area contributed by atoms with E-state index >= 15 is 0 Å². The van der Waals surface area contributed by atoms with E-state index in [1.165, 1.54) is 6.92 Å². The van der Waals surface area contributed by atoms with Crippen LogP contribution in [-0.2, 0) is 16.1 Å². The molecule has 0 unspecified atom stereocenters. The highest BCUT2D eigenvalue weighted by molar-refractivity contribution is 7.10. The summed E-state index contributed by atoms with van der Waals surface area (Å²) in [5, 5.41) is 7.82. The smallest absolute Gasteiger partial charge is 0.236 e. The molecule has 1 rings (SSSR count). The number of amides is 2. The minimum Gasteiger partial charge on any atom is -0.342 e. The molecule has 0 aliphatic rings. The number of rotatable bonds is 7. The number of nitrogens with zero attached hydrogens (tertiary/aromatic N) is 1. The van der Waals surface area contributed by atoms with E-state index < -0.39 is 0 Å². The maximum atomic E-state index is 11.8. The lowest BCUT2D eigenvalue weighted by atomic mass is 10.3. The van der Waals surface area contributed by atoms with Crippen LogP contribution in [0, 0.1) is 0 Å². The van der Waals surface area contributed by atoms with Gasteiger partial charge in [0.25, 0.3) is 0 Å². The molecular formula is C13H21N3O2S. The van der Waals surface area contributed by atoms with Gasteiger partial charge in [0.05, 0.1) is 12.2 Å². The molecular weight excluding hydrogens is 262 g/mol. The Balaban J connectivity index is 2.43. The number of thiophene rings is 1. The average molecular weight is 283 g/mol. The summed E-state index contributed by atoms with van der Waals surface area (Å²) in [4.78, 5) is 25.6. The molecule has 2 amide bonds. The van der Waals surface area contributed by atoms with Crippen LogP contribution in [0.5, 0.6) is 0 Å². The first kappa shape index (κ1) is 15.7. The summed E-state index contributed by atoms with van der Waals surface area (Å²) in [7, 11) is 0. The summed E-state index contributed by atoms with van der Waals surface area (Å²) in [5.74, 6) is 0.0153. The zero-order valence-corrected chi connectivity index (χ0v) is 12.5. The third-order valence-corrected chi connectivity index (χ3v) is 3.65. The highest BCUT2D eigenvalue weighted by atomic mass is 32.1. The van der Waals surface area contributed by atoms with Crippen molar-refractivity contribution in [3.8, 4) is 0 Å². The zero-order chi connectivity index (χ0) is 14.3. The molecule has 6 heteroatoms. The normalized spacial score (nSPS) is 10.3. The number of hydrogen-bond donors (Lipinski definition) is 2. The number of nitrogens with one attached hydrogen (secondary N) is 2. The van der Waals surface area contributed by atoms with Crippen molar-refractivity contribution in [1.82, 2.24) is 10.2 Å². The first-order valence-corrected chi connectivity index (χ1v) is 7.28. The van der Waals surface area contributed by atoms with E-state index in [2.05, 4.69) is 10.6 Å². The van der Waals surface area contributed by atoms with Crippen molar-refractivity contribution in [3.05, 3.63) is 16.3 Å². The van der Waals surface area contributed by atoms with Gasteiger partial charge in [0.15, 0.2) is 0 Å². The molecule has 0 aliphatic heterocycles. The molecule has 1 heterocycles. The van der Waals surface area contributed by atoms with Crippen molar-refractivity contribution in [3.63, 3.8) is 0 Å². The molecule has 0 atom stereocenters. The zero-order valence-electron chi connectivity index (χ0n) is 11.7. The SMILES string of the molecule is CCN(CC)C(=O)CNCc1sccc1NC(C)=O. The Morgan fingerprint density at radius 2 is 2.00 bits per heavy atom. The van der Waals surface area contributed by atoms with Gasteiger partial charge in [-0.3, -0.25) is 9.59 Å². The van der Waals surface area contributed by atoms with Crippen LogP contribution < -0.4 is 10.6 Å². The van der Waals surface area contributed by atoms with Gasteiger partial charge >= 0.3 is 0 Å². The van der Waals surface area contributed by atoms with Crippen molar-refractivity contribution in [2.45, 2.75) is 27.3 Å². The van der Waals surface area contributed by atoms with Gasteiger partial charge in [0, 0.05) is 31.4 Å². The summed E-state index contributed by atoms with van der Waals surface area (Å²) in [6.45, 7) is 7.78. The Labute approximate surface area is 118 Å². The quantitative estimate of drug-likeness (QED) is 0.800. The summed E-state index contributed by atoms with van der Waals surface area (Å²) in [6.07, 6.45) is 0. The van der Waals surface area contributed by atoms with Crippen LogP contribution in [0.25, 0.3) is 0 Å². The van der Waals surface area contributed by atoms with Crippen LogP contribution in [0.15, 0.2) is 11.4 Å². The van der Waals surface area contributed by atoms with E-state index in [0.29, 0.717) is 13.1 Å². The van der Waals surface area contributed by atoms with E-state index in [1.54, 1.807) is 16.2 Å². The van der Waals surface area contributed by atoms with Crippen molar-refractivity contribution in [2.24, 2.45) is 0 Å². The molecule has 0 saturated carbocycles. The van der Waals surface area contributed by atoms with Crippen molar-refractivity contribution >= 4 is 28.8 Å². The fourth-order valence-corrected chi connectivity index (χ4v) is 2.55. The first-order valence-electron chi connectivity index (χ1n) is 6.40. The maximum absolute atomic E-state index is 11.8. The number of carbonyl (C=O) groups excluding carboxylic acids is 2. The van der Waals surface area contributed by atoms with Crippen molar-refractivity contribution in [2.75, 3.05) is 25.0 Å². The molecule has 0 spiro atoms. The van der Waals surface area contributed by atoms with Gasteiger partial charge in [-0.1, -0.05) is 0 Å². The van der Waals surface area contributed by atoms with Gasteiger partial charge in [0.1, 0.15) is 0 Å². The lowest BCUT2D eigenvalue weighted by molar-refractivity contribution is -0.129. The molecule has 0 radical (unpaired) electrons. The van der Waals surface area contributed by atoms with E-state index in [-0.39, 0.29) is 11.8 Å². The summed E-state index contributed by atoms with van der Waals surface area (Å²) in [6, 6.07) is 1.87. The van der Waals surface area contributed by atoms with Gasteiger partial charge in [-0.15, -0.1) is 11.3 Å². The lowest BCUT2D eigenvalue weighted by Crippen LogP contribution is -2.37. The molecule has 0 aromatic carbocycles. The molecule has 2 N–H and O–H groups in total. The molecule has 1 aromatic rings. The van der Waals surface area contributed by atoms with Crippen molar-refractivity contribution < 1.29 is 9.59 Å². The predicted octanol–water partition coefficient (Wildman–Crippen LogP) is 1.66. The number of hydrogen-bond acceptors (Lipinski definition) is 4. The fraction of sp³-hybridized carbons (Fsp3) is 0.538. The number of anilines is 1.